The first-order valence-corrected chi connectivity index (χ1v) is 9.89. The molecular weight excluding hydrogens is 375 g/mol. The van der Waals surface area contributed by atoms with E-state index in [2.05, 4.69) is 39.2 Å². The van der Waals surface area contributed by atoms with Gasteiger partial charge in [-0.05, 0) is 49.2 Å². The number of fused-ring (bicyclic) bond motifs is 1. The summed E-state index contributed by atoms with van der Waals surface area (Å²) in [4.78, 5) is 13.6. The molecule has 7 heteroatoms. The molecule has 130 valence electrons. The number of nitrogens with one attached hydrogen (secondary N) is 1. The summed E-state index contributed by atoms with van der Waals surface area (Å²) >= 11 is 14.0. The Balaban J connectivity index is 1.94. The van der Waals surface area contributed by atoms with Crippen molar-refractivity contribution in [3.63, 3.8) is 0 Å². The first-order chi connectivity index (χ1) is 12.1. The summed E-state index contributed by atoms with van der Waals surface area (Å²) in [7, 11) is 0. The molecule has 0 radical (unpaired) electrons. The van der Waals surface area contributed by atoms with Gasteiger partial charge < -0.3 is 10.2 Å². The van der Waals surface area contributed by atoms with Crippen molar-refractivity contribution in [1.82, 2.24) is 15.3 Å². The largest absolute Gasteiger partial charge is 0.355 e. The summed E-state index contributed by atoms with van der Waals surface area (Å²) in [5, 5.41) is 5.58. The van der Waals surface area contributed by atoms with Crippen molar-refractivity contribution < 1.29 is 0 Å². The highest BCUT2D eigenvalue weighted by Crippen LogP contribution is 2.42. The van der Waals surface area contributed by atoms with Gasteiger partial charge in [-0.2, -0.15) is 4.98 Å². The molecule has 0 saturated carbocycles. The van der Waals surface area contributed by atoms with Gasteiger partial charge in [-0.1, -0.05) is 23.7 Å². The highest BCUT2D eigenvalue weighted by atomic mass is 35.5. The van der Waals surface area contributed by atoms with Gasteiger partial charge in [-0.25, -0.2) is 4.98 Å². The minimum absolute atomic E-state index is 0.309. The summed E-state index contributed by atoms with van der Waals surface area (Å²) in [6.07, 6.45) is 1.09. The Hall–Kier alpha value is -1.40. The molecule has 1 saturated heterocycles. The zero-order valence-corrected chi connectivity index (χ0v) is 16.2. The highest BCUT2D eigenvalue weighted by molar-refractivity contribution is 7.19. The van der Waals surface area contributed by atoms with Crippen LogP contribution >= 0.6 is 34.5 Å². The lowest BCUT2D eigenvalue weighted by atomic mass is 10.0. The molecule has 3 heterocycles. The summed E-state index contributed by atoms with van der Waals surface area (Å²) in [5.41, 5.74) is 2.31. The minimum atomic E-state index is 0.309. The molecule has 4 nitrogen and oxygen atoms in total. The summed E-state index contributed by atoms with van der Waals surface area (Å²) < 4.78 is 0. The summed E-state index contributed by atoms with van der Waals surface area (Å²) in [6, 6.07) is 7.96. The van der Waals surface area contributed by atoms with Crippen molar-refractivity contribution >= 4 is 50.6 Å². The fourth-order valence-electron chi connectivity index (χ4n) is 3.32. The number of halogens is 2. The molecule has 0 unspecified atom stereocenters. The number of anilines is 1. The van der Waals surface area contributed by atoms with Gasteiger partial charge in [-0.15, -0.1) is 11.3 Å². The Morgan fingerprint density at radius 3 is 2.68 bits per heavy atom. The fourth-order valence-corrected chi connectivity index (χ4v) is 4.70. The van der Waals surface area contributed by atoms with Gasteiger partial charge in [0.05, 0.1) is 5.39 Å². The highest BCUT2D eigenvalue weighted by Gasteiger charge is 2.22. The second kappa shape index (κ2) is 7.08. The Labute approximate surface area is 160 Å². The lowest BCUT2D eigenvalue weighted by molar-refractivity contribution is 0.724. The number of thiophene rings is 1. The van der Waals surface area contributed by atoms with Crippen molar-refractivity contribution in [3.05, 3.63) is 39.4 Å². The van der Waals surface area contributed by atoms with Crippen LogP contribution in [0.15, 0.2) is 24.3 Å². The summed E-state index contributed by atoms with van der Waals surface area (Å²) in [5.74, 6) is 0.938. The fraction of sp³-hybridized carbons (Fsp3) is 0.333. The van der Waals surface area contributed by atoms with Crippen LogP contribution < -0.4 is 10.2 Å². The maximum atomic E-state index is 6.24. The van der Waals surface area contributed by atoms with E-state index in [0.717, 1.165) is 59.2 Å². The molecule has 0 spiro atoms. The van der Waals surface area contributed by atoms with Gasteiger partial charge in [0.2, 0.25) is 5.28 Å². The quantitative estimate of drug-likeness (QED) is 0.637. The number of benzene rings is 1. The minimum Gasteiger partial charge on any atom is -0.355 e. The second-order valence-electron chi connectivity index (χ2n) is 6.13. The van der Waals surface area contributed by atoms with Gasteiger partial charge in [0.1, 0.15) is 10.6 Å². The van der Waals surface area contributed by atoms with Crippen LogP contribution in [0.5, 0.6) is 0 Å². The third-order valence-electron chi connectivity index (χ3n) is 4.45. The molecule has 2 aromatic heterocycles. The molecule has 1 aromatic carbocycles. The Kier molecular flexibility index (Phi) is 4.82. The van der Waals surface area contributed by atoms with Crippen molar-refractivity contribution in [1.29, 1.82) is 0 Å². The van der Waals surface area contributed by atoms with E-state index in [0.29, 0.717) is 5.28 Å². The van der Waals surface area contributed by atoms with Crippen LogP contribution in [0.2, 0.25) is 10.3 Å². The summed E-state index contributed by atoms with van der Waals surface area (Å²) in [6.45, 7) is 5.98. The Bertz CT molecular complexity index is 900. The van der Waals surface area contributed by atoms with Crippen LogP contribution in [0.3, 0.4) is 0 Å². The van der Waals surface area contributed by atoms with Crippen molar-refractivity contribution in [2.75, 3.05) is 31.1 Å². The van der Waals surface area contributed by atoms with Crippen LogP contribution in [0.1, 0.15) is 11.3 Å². The molecule has 4 rings (SSSR count). The van der Waals surface area contributed by atoms with Crippen LogP contribution in [0.4, 0.5) is 5.82 Å². The van der Waals surface area contributed by atoms with E-state index in [9.17, 15) is 0 Å². The van der Waals surface area contributed by atoms with Crippen LogP contribution in [-0.2, 0) is 0 Å². The first-order valence-electron chi connectivity index (χ1n) is 8.32. The van der Waals surface area contributed by atoms with E-state index < -0.39 is 0 Å². The number of aromatic nitrogens is 2. The van der Waals surface area contributed by atoms with Crippen LogP contribution in [0.25, 0.3) is 21.3 Å². The van der Waals surface area contributed by atoms with Crippen molar-refractivity contribution in [2.45, 2.75) is 13.3 Å². The smallest absolute Gasteiger partial charge is 0.225 e. The lowest BCUT2D eigenvalue weighted by Gasteiger charge is -2.22. The van der Waals surface area contributed by atoms with Crippen LogP contribution in [-0.4, -0.2) is 36.1 Å². The molecule has 3 aromatic rings. The van der Waals surface area contributed by atoms with E-state index in [1.165, 1.54) is 10.4 Å². The van der Waals surface area contributed by atoms with Gasteiger partial charge in [0.15, 0.2) is 0 Å². The second-order valence-corrected chi connectivity index (χ2v) is 8.10. The molecule has 0 atom stereocenters. The maximum Gasteiger partial charge on any atom is 0.225 e. The third-order valence-corrected chi connectivity index (χ3v) is 5.87. The van der Waals surface area contributed by atoms with E-state index in [1.807, 2.05) is 12.1 Å². The van der Waals surface area contributed by atoms with Crippen molar-refractivity contribution in [3.8, 4) is 11.1 Å². The molecule has 1 aliphatic rings. The van der Waals surface area contributed by atoms with E-state index in [1.54, 1.807) is 11.3 Å². The number of hydrogen-bond acceptors (Lipinski definition) is 5. The van der Waals surface area contributed by atoms with E-state index >= 15 is 0 Å². The van der Waals surface area contributed by atoms with Crippen LogP contribution in [0, 0.1) is 6.92 Å². The van der Waals surface area contributed by atoms with Crippen molar-refractivity contribution in [2.24, 2.45) is 0 Å². The maximum absolute atomic E-state index is 6.24. The van der Waals surface area contributed by atoms with E-state index in [-0.39, 0.29) is 0 Å². The Morgan fingerprint density at radius 2 is 1.88 bits per heavy atom. The predicted molar refractivity (Wildman–Crippen MR) is 107 cm³/mol. The molecule has 25 heavy (non-hydrogen) atoms. The number of hydrogen-bond donors (Lipinski definition) is 1. The number of nitrogens with zero attached hydrogens (tertiary/aromatic N) is 3. The average Bonchev–Trinajstić information content (AvgIpc) is 2.77. The van der Waals surface area contributed by atoms with Gasteiger partial charge in [0.25, 0.3) is 0 Å². The predicted octanol–water partition coefficient (Wildman–Crippen LogP) is 4.77. The first kappa shape index (κ1) is 17.0. The molecule has 0 amide bonds. The molecule has 0 aliphatic carbocycles. The van der Waals surface area contributed by atoms with Gasteiger partial charge >= 0.3 is 0 Å². The zero-order valence-electron chi connectivity index (χ0n) is 13.9. The van der Waals surface area contributed by atoms with Gasteiger partial charge in [-0.3, -0.25) is 0 Å². The molecule has 1 fully saturated rings. The Morgan fingerprint density at radius 1 is 1.08 bits per heavy atom. The molecule has 0 bridgehead atoms. The SMILES string of the molecule is Cc1sc2nc(Cl)nc(N3CCCNCC3)c2c1-c1ccc(Cl)cc1. The molecule has 1 aliphatic heterocycles. The monoisotopic (exact) mass is 392 g/mol. The standard InChI is InChI=1S/C18H18Cl2N4S/c1-11-14(12-3-5-13(19)6-4-12)15-16(22-18(20)23-17(15)25-11)24-9-2-7-21-8-10-24/h3-6,21H,2,7-10H2,1H3. The topological polar surface area (TPSA) is 41.1 Å². The molecular formula is C18H18Cl2N4S. The molecule has 1 N–H and O–H groups in total. The zero-order chi connectivity index (χ0) is 17.4. The van der Waals surface area contributed by atoms with Gasteiger partial charge in [0, 0.05) is 35.1 Å². The normalized spacial score (nSPS) is 15.6. The number of aryl methyl sites for hydroxylation is 1. The lowest BCUT2D eigenvalue weighted by Crippen LogP contribution is -2.28. The van der Waals surface area contributed by atoms with E-state index in [4.69, 9.17) is 23.2 Å². The third kappa shape index (κ3) is 3.34. The number of rotatable bonds is 2. The average molecular weight is 393 g/mol.